The molecule has 0 aliphatic heterocycles. The summed E-state index contributed by atoms with van der Waals surface area (Å²) in [4.78, 5) is 39.5. The van der Waals surface area contributed by atoms with Gasteiger partial charge in [-0.1, -0.05) is 0 Å². The first-order valence-corrected chi connectivity index (χ1v) is 13.7. The maximum absolute atomic E-state index is 13.2. The molecule has 0 radical (unpaired) electrons. The number of hydrogen-bond donors (Lipinski definition) is 0. The van der Waals surface area contributed by atoms with Crippen molar-refractivity contribution >= 4 is 58.9 Å². The van der Waals surface area contributed by atoms with Crippen molar-refractivity contribution in [1.82, 2.24) is 10.8 Å². The molecule has 150 valence electrons. The first-order valence-electron chi connectivity index (χ1n) is 8.85. The Kier molecular flexibility index (Phi) is 6.70. The monoisotopic (exact) mass is 597 g/mol. The van der Waals surface area contributed by atoms with E-state index in [0.717, 1.165) is 13.4 Å². The van der Waals surface area contributed by atoms with Gasteiger partial charge in [0.25, 0.3) is 0 Å². The van der Waals surface area contributed by atoms with E-state index in [2.05, 4.69) is 0 Å². The average molecular weight is 594 g/mol. The molecule has 0 aliphatic carbocycles. The van der Waals surface area contributed by atoms with E-state index in [1.807, 2.05) is 91.0 Å². The Morgan fingerprint density at radius 3 is 0.867 bits per heavy atom. The Balaban J connectivity index is 1.87. The third-order valence-electron chi connectivity index (χ3n) is 3.86. The van der Waals surface area contributed by atoms with Crippen molar-refractivity contribution in [1.29, 1.82) is 0 Å². The van der Waals surface area contributed by atoms with Crippen molar-refractivity contribution in [2.45, 2.75) is 0 Å². The summed E-state index contributed by atoms with van der Waals surface area (Å²) in [6.07, 6.45) is 0. The zero-order valence-electron chi connectivity index (χ0n) is 15.5. The molecule has 6 nitrogen and oxygen atoms in total. The first kappa shape index (κ1) is 20.9. The van der Waals surface area contributed by atoms with Crippen LogP contribution in [0.5, 0.6) is 0 Å². The van der Waals surface area contributed by atoms with Crippen LogP contribution in [0.15, 0.2) is 105 Å². The summed E-state index contributed by atoms with van der Waals surface area (Å²) in [5.41, 5.74) is -1.63. The van der Waals surface area contributed by atoms with Gasteiger partial charge in [-0.2, -0.15) is 0 Å². The summed E-state index contributed by atoms with van der Waals surface area (Å²) in [5.74, 6) is 0. The molecule has 0 spiro atoms. The van der Waals surface area contributed by atoms with Crippen molar-refractivity contribution in [3.05, 3.63) is 122 Å². The Bertz CT molecular complexity index is 1120. The molecule has 4 aromatic rings. The van der Waals surface area contributed by atoms with Crippen LogP contribution in [0, 0.1) is 0 Å². The summed E-state index contributed by atoms with van der Waals surface area (Å²) in [5, 5.41) is 0. The number of rotatable bonds is 6. The molecule has 0 saturated heterocycles. The van der Waals surface area contributed by atoms with Gasteiger partial charge in [0, 0.05) is 0 Å². The van der Waals surface area contributed by atoms with Gasteiger partial charge in [-0.25, -0.2) is 0 Å². The van der Waals surface area contributed by atoms with Gasteiger partial charge in [0.1, 0.15) is 0 Å². The van der Waals surface area contributed by atoms with Gasteiger partial charge in [-0.15, -0.1) is 0 Å². The van der Waals surface area contributed by atoms with E-state index in [-0.39, 0.29) is 0 Å². The molecule has 3 aromatic carbocycles. The molecule has 0 fully saturated rings. The maximum atomic E-state index is 13.2. The molecule has 0 atom stereocenters. The predicted octanol–water partition coefficient (Wildman–Crippen LogP) is -1.45. The molecule has 0 bridgehead atoms. The van der Waals surface area contributed by atoms with Crippen molar-refractivity contribution in [2.75, 3.05) is 0 Å². The molecule has 0 aliphatic rings. The van der Waals surface area contributed by atoms with Gasteiger partial charge >= 0.3 is 192 Å². The van der Waals surface area contributed by atoms with Gasteiger partial charge in [-0.05, 0) is 0 Å². The summed E-state index contributed by atoms with van der Waals surface area (Å²) < 4.78 is 6.33. The zero-order valence-corrected chi connectivity index (χ0v) is 20.6. The van der Waals surface area contributed by atoms with Crippen molar-refractivity contribution in [3.63, 3.8) is 0 Å². The van der Waals surface area contributed by atoms with E-state index >= 15 is 0 Å². The van der Waals surface area contributed by atoms with E-state index < -0.39 is 62.6 Å². The molecule has 1 aromatic heterocycles. The summed E-state index contributed by atoms with van der Waals surface area (Å²) in [6.45, 7) is 0. The van der Waals surface area contributed by atoms with Crippen LogP contribution in [0.3, 0.4) is 0 Å². The van der Waals surface area contributed by atoms with Gasteiger partial charge in [0.2, 0.25) is 0 Å². The standard InChI is InChI=1S/C21H15N3O3Se3/c25-19-22(28-16-10-4-1-5-11-16)20(26)24(30-18-14-8-3-9-15-18)21(27)23(19)29-17-12-6-2-7-13-17/h1-15H. The minimum absolute atomic E-state index is 0.544. The Morgan fingerprint density at radius 1 is 0.400 bits per heavy atom. The zero-order chi connectivity index (χ0) is 20.9. The number of aromatic nitrogens is 3. The molecular formula is C21H15N3O3Se3. The topological polar surface area (TPSA) is 66.0 Å². The van der Waals surface area contributed by atoms with E-state index in [4.69, 9.17) is 0 Å². The number of hydrogen-bond acceptors (Lipinski definition) is 3. The second-order valence-corrected chi connectivity index (χ2v) is 12.4. The van der Waals surface area contributed by atoms with Crippen molar-refractivity contribution in [3.8, 4) is 0 Å². The van der Waals surface area contributed by atoms with Crippen LogP contribution in [-0.4, -0.2) is 56.3 Å². The van der Waals surface area contributed by atoms with Crippen LogP contribution >= 0.6 is 0 Å². The number of nitrogens with zero attached hydrogens (tertiary/aromatic N) is 3. The summed E-state index contributed by atoms with van der Waals surface area (Å²) in [7, 11) is 0. The Hall–Kier alpha value is -2.37. The molecule has 0 unspecified atom stereocenters. The number of benzene rings is 3. The minimum atomic E-state index is -0.563. The van der Waals surface area contributed by atoms with Crippen LogP contribution in [0.4, 0.5) is 0 Å². The predicted molar refractivity (Wildman–Crippen MR) is 121 cm³/mol. The van der Waals surface area contributed by atoms with Crippen LogP contribution < -0.4 is 30.5 Å². The Morgan fingerprint density at radius 2 is 0.633 bits per heavy atom. The van der Waals surface area contributed by atoms with Crippen LogP contribution in [0.25, 0.3) is 0 Å². The van der Waals surface area contributed by atoms with Gasteiger partial charge in [0.15, 0.2) is 0 Å². The summed E-state index contributed by atoms with van der Waals surface area (Å²) >= 11 is -1.69. The van der Waals surface area contributed by atoms with Crippen LogP contribution in [0.2, 0.25) is 0 Å². The molecule has 0 N–H and O–H groups in total. The molecule has 30 heavy (non-hydrogen) atoms. The fourth-order valence-corrected chi connectivity index (χ4v) is 8.37. The second kappa shape index (κ2) is 9.62. The van der Waals surface area contributed by atoms with E-state index in [9.17, 15) is 14.4 Å². The van der Waals surface area contributed by atoms with Gasteiger partial charge in [0.05, 0.1) is 0 Å². The van der Waals surface area contributed by atoms with Crippen LogP contribution in [0.1, 0.15) is 0 Å². The fraction of sp³-hybridized carbons (Fsp3) is 0. The fourth-order valence-electron chi connectivity index (χ4n) is 2.49. The summed E-state index contributed by atoms with van der Waals surface area (Å²) in [6, 6.07) is 28.2. The molecule has 0 saturated carbocycles. The quantitative estimate of drug-likeness (QED) is 0.257. The van der Waals surface area contributed by atoms with Gasteiger partial charge < -0.3 is 0 Å². The Labute approximate surface area is 191 Å². The first-order chi connectivity index (χ1) is 14.6. The average Bonchev–Trinajstić information content (AvgIpc) is 2.79. The molecular weight excluding hydrogens is 579 g/mol. The van der Waals surface area contributed by atoms with E-state index in [0.29, 0.717) is 0 Å². The molecule has 9 heteroatoms. The normalized spacial score (nSPS) is 10.8. The van der Waals surface area contributed by atoms with Gasteiger partial charge in [-0.3, -0.25) is 0 Å². The molecule has 0 amide bonds. The third-order valence-corrected chi connectivity index (χ3v) is 10.0. The van der Waals surface area contributed by atoms with E-state index in [1.165, 1.54) is 10.8 Å². The third kappa shape index (κ3) is 4.68. The van der Waals surface area contributed by atoms with E-state index in [1.54, 1.807) is 0 Å². The molecule has 4 rings (SSSR count). The molecule has 1 heterocycles. The van der Waals surface area contributed by atoms with Crippen molar-refractivity contribution < 1.29 is 0 Å². The van der Waals surface area contributed by atoms with Crippen molar-refractivity contribution in [2.24, 2.45) is 0 Å². The second-order valence-electron chi connectivity index (χ2n) is 5.94. The van der Waals surface area contributed by atoms with Crippen LogP contribution in [-0.2, 0) is 0 Å². The SMILES string of the molecule is O=c1n([Se]c2ccccc2)c(=O)n([Se]c2ccccc2)c(=O)n1[Se]c1ccccc1.